The number of aromatic nitrogens is 4. The van der Waals surface area contributed by atoms with Gasteiger partial charge in [0.25, 0.3) is 5.56 Å². The zero-order valence-corrected chi connectivity index (χ0v) is 17.5. The summed E-state index contributed by atoms with van der Waals surface area (Å²) in [5.41, 5.74) is 2.08. The van der Waals surface area contributed by atoms with Crippen LogP contribution in [0, 0.1) is 5.41 Å². The van der Waals surface area contributed by atoms with Gasteiger partial charge in [0.1, 0.15) is 11.6 Å². The summed E-state index contributed by atoms with van der Waals surface area (Å²) in [4.78, 5) is 31.6. The fourth-order valence-corrected chi connectivity index (χ4v) is 5.36. The van der Waals surface area contributed by atoms with Crippen LogP contribution < -0.4 is 10.5 Å². The van der Waals surface area contributed by atoms with Crippen LogP contribution in [0.3, 0.4) is 0 Å². The maximum absolute atomic E-state index is 13.4. The molecule has 3 aliphatic heterocycles. The Morgan fingerprint density at radius 2 is 1.94 bits per heavy atom. The molecule has 0 N–H and O–H groups in total. The van der Waals surface area contributed by atoms with Gasteiger partial charge in [-0.05, 0) is 49.5 Å². The van der Waals surface area contributed by atoms with Crippen LogP contribution in [0.25, 0.3) is 0 Å². The Kier molecular flexibility index (Phi) is 4.41. The van der Waals surface area contributed by atoms with Crippen LogP contribution in [0.4, 0.5) is 5.95 Å². The molecule has 8 nitrogen and oxygen atoms in total. The maximum atomic E-state index is 13.4. The molecule has 0 atom stereocenters. The van der Waals surface area contributed by atoms with E-state index < -0.39 is 0 Å². The number of nitrogens with zero attached hydrogens (tertiary/aromatic N) is 6. The first-order valence-electron chi connectivity index (χ1n) is 11.1. The smallest absolute Gasteiger partial charge is 0.258 e. The summed E-state index contributed by atoms with van der Waals surface area (Å²) >= 11 is 0. The molecule has 1 saturated heterocycles. The van der Waals surface area contributed by atoms with Crippen molar-refractivity contribution < 1.29 is 4.42 Å². The summed E-state index contributed by atoms with van der Waals surface area (Å²) in [5.74, 6) is 2.68. The van der Waals surface area contributed by atoms with Crippen LogP contribution >= 0.6 is 0 Å². The van der Waals surface area contributed by atoms with Crippen molar-refractivity contribution in [3.8, 4) is 0 Å². The quantitative estimate of drug-likeness (QED) is 0.644. The summed E-state index contributed by atoms with van der Waals surface area (Å²) in [5, 5.41) is 0. The first-order valence-corrected chi connectivity index (χ1v) is 11.1. The fourth-order valence-electron chi connectivity index (χ4n) is 5.36. The lowest BCUT2D eigenvalue weighted by molar-refractivity contribution is 0.0929. The zero-order chi connectivity index (χ0) is 20.8. The summed E-state index contributed by atoms with van der Waals surface area (Å²) in [6.45, 7) is 5.04. The summed E-state index contributed by atoms with van der Waals surface area (Å²) in [6.07, 6.45) is 9.08. The lowest BCUT2D eigenvalue weighted by Crippen LogP contribution is -2.41. The Labute approximate surface area is 180 Å². The molecule has 1 spiro atoms. The highest BCUT2D eigenvalue weighted by Crippen LogP contribution is 2.41. The van der Waals surface area contributed by atoms with Gasteiger partial charge in [-0.25, -0.2) is 15.0 Å². The number of hydrogen-bond donors (Lipinski definition) is 0. The van der Waals surface area contributed by atoms with Crippen molar-refractivity contribution in [1.29, 1.82) is 0 Å². The second kappa shape index (κ2) is 7.30. The van der Waals surface area contributed by atoms with Crippen LogP contribution in [0.1, 0.15) is 35.7 Å². The van der Waals surface area contributed by atoms with Gasteiger partial charge in [0.05, 0.1) is 30.6 Å². The van der Waals surface area contributed by atoms with E-state index in [-0.39, 0.29) is 11.0 Å². The first-order chi connectivity index (χ1) is 15.2. The Morgan fingerprint density at radius 1 is 1.10 bits per heavy atom. The Bertz CT molecular complexity index is 1130. The molecular weight excluding hydrogens is 392 g/mol. The predicted molar refractivity (Wildman–Crippen MR) is 115 cm³/mol. The summed E-state index contributed by atoms with van der Waals surface area (Å²) < 4.78 is 7.46. The normalized spacial score (nSPS) is 20.1. The molecule has 0 amide bonds. The van der Waals surface area contributed by atoms with Gasteiger partial charge in [0.2, 0.25) is 5.95 Å². The van der Waals surface area contributed by atoms with E-state index in [0.717, 1.165) is 81.2 Å². The average Bonchev–Trinajstić information content (AvgIpc) is 3.44. The lowest BCUT2D eigenvalue weighted by atomic mass is 9.77. The van der Waals surface area contributed by atoms with Crippen LogP contribution in [-0.2, 0) is 32.5 Å². The molecule has 0 unspecified atom stereocenters. The van der Waals surface area contributed by atoms with Crippen LogP contribution in [0.15, 0.2) is 46.1 Å². The molecule has 0 radical (unpaired) electrons. The minimum Gasteiger partial charge on any atom is -0.468 e. The number of hydrogen-bond acceptors (Lipinski definition) is 7. The minimum atomic E-state index is 0.135. The van der Waals surface area contributed by atoms with E-state index in [1.807, 2.05) is 22.8 Å². The molecule has 8 heteroatoms. The molecule has 6 heterocycles. The van der Waals surface area contributed by atoms with Crippen molar-refractivity contribution in [2.75, 3.05) is 24.5 Å². The van der Waals surface area contributed by atoms with E-state index in [1.54, 1.807) is 18.7 Å². The SMILES string of the molecule is O=c1c2c(nc3n1CC1(CCN(Cc4ccco4)CC1)C3)CCN(c1ncccn1)C2. The van der Waals surface area contributed by atoms with Gasteiger partial charge in [-0.1, -0.05) is 0 Å². The van der Waals surface area contributed by atoms with Crippen molar-refractivity contribution in [3.05, 3.63) is 70.1 Å². The van der Waals surface area contributed by atoms with Gasteiger partial charge in [-0.2, -0.15) is 0 Å². The highest BCUT2D eigenvalue weighted by molar-refractivity contribution is 5.36. The average molecular weight is 419 g/mol. The van der Waals surface area contributed by atoms with E-state index in [0.29, 0.717) is 12.5 Å². The van der Waals surface area contributed by atoms with Crippen LogP contribution in [0.2, 0.25) is 0 Å². The van der Waals surface area contributed by atoms with Gasteiger partial charge >= 0.3 is 0 Å². The Morgan fingerprint density at radius 3 is 2.71 bits per heavy atom. The molecule has 0 aromatic carbocycles. The summed E-state index contributed by atoms with van der Waals surface area (Å²) in [7, 11) is 0. The molecule has 3 aliphatic rings. The second-order valence-corrected chi connectivity index (χ2v) is 9.10. The van der Waals surface area contributed by atoms with Crippen molar-refractivity contribution in [2.24, 2.45) is 5.41 Å². The molecular formula is C23H26N6O2. The van der Waals surface area contributed by atoms with E-state index in [9.17, 15) is 4.79 Å². The molecule has 3 aromatic heterocycles. The van der Waals surface area contributed by atoms with Crippen molar-refractivity contribution in [2.45, 2.75) is 45.3 Å². The second-order valence-electron chi connectivity index (χ2n) is 9.10. The maximum Gasteiger partial charge on any atom is 0.258 e. The largest absolute Gasteiger partial charge is 0.468 e. The van der Waals surface area contributed by atoms with Gasteiger partial charge in [-0.15, -0.1) is 0 Å². The molecule has 31 heavy (non-hydrogen) atoms. The molecule has 3 aromatic rings. The third-order valence-electron chi connectivity index (χ3n) is 7.13. The minimum absolute atomic E-state index is 0.135. The van der Waals surface area contributed by atoms with Crippen molar-refractivity contribution in [1.82, 2.24) is 24.4 Å². The summed E-state index contributed by atoms with van der Waals surface area (Å²) in [6, 6.07) is 5.79. The van der Waals surface area contributed by atoms with E-state index in [4.69, 9.17) is 9.40 Å². The highest BCUT2D eigenvalue weighted by atomic mass is 16.3. The number of piperidine rings is 1. The van der Waals surface area contributed by atoms with Crippen LogP contribution in [-0.4, -0.2) is 44.1 Å². The van der Waals surface area contributed by atoms with E-state index in [1.165, 1.54) is 0 Å². The van der Waals surface area contributed by atoms with Gasteiger partial charge in [-0.3, -0.25) is 14.3 Å². The highest BCUT2D eigenvalue weighted by Gasteiger charge is 2.42. The predicted octanol–water partition coefficient (Wildman–Crippen LogP) is 2.03. The Balaban J connectivity index is 1.20. The third-order valence-corrected chi connectivity index (χ3v) is 7.13. The number of fused-ring (bicyclic) bond motifs is 2. The number of furan rings is 1. The topological polar surface area (TPSA) is 80.3 Å². The molecule has 0 bridgehead atoms. The van der Waals surface area contributed by atoms with Crippen LogP contribution in [0.5, 0.6) is 0 Å². The fraction of sp³-hybridized carbons (Fsp3) is 0.478. The lowest BCUT2D eigenvalue weighted by Gasteiger charge is -2.38. The molecule has 6 rings (SSSR count). The van der Waals surface area contributed by atoms with E-state index >= 15 is 0 Å². The molecule has 0 aliphatic carbocycles. The van der Waals surface area contributed by atoms with Crippen molar-refractivity contribution in [3.63, 3.8) is 0 Å². The zero-order valence-electron chi connectivity index (χ0n) is 17.5. The third kappa shape index (κ3) is 3.35. The van der Waals surface area contributed by atoms with Gasteiger partial charge in [0.15, 0.2) is 0 Å². The Hall–Kier alpha value is -3.00. The first kappa shape index (κ1) is 18.7. The van der Waals surface area contributed by atoms with E-state index in [2.05, 4.69) is 19.8 Å². The van der Waals surface area contributed by atoms with Gasteiger partial charge in [0, 0.05) is 38.3 Å². The molecule has 0 saturated carbocycles. The molecule has 160 valence electrons. The number of likely N-dealkylation sites (tertiary alicyclic amines) is 1. The standard InChI is InChI=1S/C23H26N6O2/c30-21-18-15-28(22-24-7-2-8-25-22)9-4-19(18)26-20-13-23(16-29(20)21)5-10-27(11-6-23)14-17-3-1-12-31-17/h1-3,7-8,12H,4-6,9-11,13-16H2. The number of rotatable bonds is 3. The monoisotopic (exact) mass is 418 g/mol. The van der Waals surface area contributed by atoms with Gasteiger partial charge < -0.3 is 9.32 Å². The van der Waals surface area contributed by atoms with Crippen molar-refractivity contribution >= 4 is 5.95 Å². The molecule has 1 fully saturated rings. The number of anilines is 1.